The molecule has 1 aliphatic heterocycles. The summed E-state index contributed by atoms with van der Waals surface area (Å²) in [5.41, 5.74) is -2.04. The fourth-order valence-electron chi connectivity index (χ4n) is 2.49. The number of benzene rings is 1. The highest BCUT2D eigenvalue weighted by molar-refractivity contribution is 5.91. The van der Waals surface area contributed by atoms with E-state index in [1.54, 1.807) is 6.92 Å². The average Bonchev–Trinajstić information content (AvgIpc) is 2.65. The number of hydrogen-bond donors (Lipinski definition) is 2. The van der Waals surface area contributed by atoms with E-state index in [4.69, 9.17) is 4.74 Å². The Morgan fingerprint density at radius 3 is 2.48 bits per heavy atom. The van der Waals surface area contributed by atoms with Crippen LogP contribution >= 0.6 is 0 Å². The van der Waals surface area contributed by atoms with Crippen LogP contribution in [0.5, 0.6) is 0 Å². The maximum atomic E-state index is 12.8. The van der Waals surface area contributed by atoms with Crippen LogP contribution in [0.15, 0.2) is 24.3 Å². The third-order valence-corrected chi connectivity index (χ3v) is 4.43. The second-order valence-electron chi connectivity index (χ2n) is 5.93. The Bertz CT molecular complexity index is 603. The lowest BCUT2D eigenvalue weighted by Gasteiger charge is -2.36. The molecule has 2 amide bonds. The number of nitrogens with one attached hydrogen (secondary N) is 1. The number of cyclic esters (lactones) is 1. The zero-order valence-corrected chi connectivity index (χ0v) is 13.4. The normalized spacial score (nSPS) is 27.0. The second-order valence-corrected chi connectivity index (χ2v) is 5.93. The number of ether oxygens (including phenoxy) is 1. The molecule has 0 aromatic heterocycles. The van der Waals surface area contributed by atoms with E-state index in [9.17, 15) is 19.1 Å². The van der Waals surface area contributed by atoms with Crippen molar-refractivity contribution in [1.82, 2.24) is 4.90 Å². The first kappa shape index (κ1) is 17.2. The number of carbonyl (C=O) groups is 2. The maximum Gasteiger partial charge on any atom is 0.412 e. The number of rotatable bonds is 5. The molecule has 1 aromatic carbocycles. The van der Waals surface area contributed by atoms with Gasteiger partial charge in [-0.05, 0) is 44.5 Å². The molecule has 0 spiro atoms. The number of nitrogens with zero attached hydrogens (tertiary/aromatic N) is 1. The van der Waals surface area contributed by atoms with Gasteiger partial charge in [-0.15, -0.1) is 0 Å². The summed E-state index contributed by atoms with van der Waals surface area (Å²) in [6.45, 7) is 4.99. The van der Waals surface area contributed by atoms with Gasteiger partial charge in [0.1, 0.15) is 5.82 Å². The molecule has 1 heterocycles. The SMILES string of the molecule is CC[C@@]1(C)OC(=O)N(CCC(=O)Nc2ccc(F)cc2)[C@]1(C)O. The summed E-state index contributed by atoms with van der Waals surface area (Å²) in [7, 11) is 0. The maximum absolute atomic E-state index is 12.8. The fraction of sp³-hybridized carbons (Fsp3) is 0.500. The molecule has 23 heavy (non-hydrogen) atoms. The van der Waals surface area contributed by atoms with Gasteiger partial charge in [0.05, 0.1) is 0 Å². The van der Waals surface area contributed by atoms with Gasteiger partial charge in [-0.25, -0.2) is 9.18 Å². The molecule has 2 atom stereocenters. The average molecular weight is 324 g/mol. The van der Waals surface area contributed by atoms with Crippen molar-refractivity contribution < 1.29 is 23.8 Å². The van der Waals surface area contributed by atoms with Gasteiger partial charge in [0.25, 0.3) is 0 Å². The van der Waals surface area contributed by atoms with E-state index < -0.39 is 23.2 Å². The molecule has 2 N–H and O–H groups in total. The van der Waals surface area contributed by atoms with E-state index in [2.05, 4.69) is 5.32 Å². The van der Waals surface area contributed by atoms with Crippen molar-refractivity contribution in [2.45, 2.75) is 44.9 Å². The van der Waals surface area contributed by atoms with E-state index in [-0.39, 0.29) is 18.9 Å². The van der Waals surface area contributed by atoms with Crippen LogP contribution in [0, 0.1) is 5.82 Å². The Hall–Kier alpha value is -2.15. The minimum absolute atomic E-state index is 0.0115. The number of hydrogen-bond acceptors (Lipinski definition) is 4. The molecule has 1 aliphatic rings. The Balaban J connectivity index is 1.96. The topological polar surface area (TPSA) is 78.9 Å². The molecule has 1 saturated heterocycles. The van der Waals surface area contributed by atoms with E-state index in [0.29, 0.717) is 12.1 Å². The molecule has 7 heteroatoms. The molecule has 0 unspecified atom stereocenters. The van der Waals surface area contributed by atoms with Crippen molar-refractivity contribution >= 4 is 17.7 Å². The minimum Gasteiger partial charge on any atom is -0.438 e. The Morgan fingerprint density at radius 1 is 1.35 bits per heavy atom. The van der Waals surface area contributed by atoms with Crippen molar-refractivity contribution in [2.24, 2.45) is 0 Å². The van der Waals surface area contributed by atoms with Gasteiger partial charge in [-0.2, -0.15) is 0 Å². The predicted octanol–water partition coefficient (Wildman–Crippen LogP) is 2.48. The summed E-state index contributed by atoms with van der Waals surface area (Å²) >= 11 is 0. The minimum atomic E-state index is -1.49. The summed E-state index contributed by atoms with van der Waals surface area (Å²) < 4.78 is 18.1. The summed E-state index contributed by atoms with van der Waals surface area (Å²) in [5, 5.41) is 13.2. The molecule has 0 aliphatic carbocycles. The van der Waals surface area contributed by atoms with Gasteiger partial charge in [-0.1, -0.05) is 6.92 Å². The zero-order valence-electron chi connectivity index (χ0n) is 13.4. The van der Waals surface area contributed by atoms with Crippen LogP contribution in [0.3, 0.4) is 0 Å². The Kier molecular flexibility index (Phi) is 4.61. The Morgan fingerprint density at radius 2 is 1.96 bits per heavy atom. The van der Waals surface area contributed by atoms with E-state index in [1.165, 1.54) is 31.2 Å². The summed E-state index contributed by atoms with van der Waals surface area (Å²) in [6, 6.07) is 5.37. The van der Waals surface area contributed by atoms with Gasteiger partial charge in [0.2, 0.25) is 5.91 Å². The van der Waals surface area contributed by atoms with E-state index >= 15 is 0 Å². The molecule has 0 saturated carbocycles. The predicted molar refractivity (Wildman–Crippen MR) is 82.2 cm³/mol. The summed E-state index contributed by atoms with van der Waals surface area (Å²) in [4.78, 5) is 25.0. The van der Waals surface area contributed by atoms with Crippen LogP contribution in [0.4, 0.5) is 14.9 Å². The van der Waals surface area contributed by atoms with Crippen molar-refractivity contribution in [1.29, 1.82) is 0 Å². The van der Waals surface area contributed by atoms with Gasteiger partial charge >= 0.3 is 6.09 Å². The van der Waals surface area contributed by atoms with Crippen molar-refractivity contribution in [2.75, 3.05) is 11.9 Å². The highest BCUT2D eigenvalue weighted by atomic mass is 19.1. The first-order valence-electron chi connectivity index (χ1n) is 7.48. The highest BCUT2D eigenvalue weighted by Crippen LogP contribution is 2.39. The van der Waals surface area contributed by atoms with Gasteiger partial charge < -0.3 is 15.2 Å². The summed E-state index contributed by atoms with van der Waals surface area (Å²) in [5.74, 6) is -0.733. The number of anilines is 1. The summed E-state index contributed by atoms with van der Waals surface area (Å²) in [6.07, 6.45) is -0.208. The number of carbonyl (C=O) groups excluding carboxylic acids is 2. The molecule has 0 bridgehead atoms. The van der Waals surface area contributed by atoms with Gasteiger partial charge in [0, 0.05) is 18.7 Å². The van der Waals surface area contributed by atoms with Crippen molar-refractivity contribution in [3.63, 3.8) is 0 Å². The molecular formula is C16H21FN2O4. The van der Waals surface area contributed by atoms with Crippen LogP contribution in [-0.2, 0) is 9.53 Å². The lowest BCUT2D eigenvalue weighted by atomic mass is 9.91. The first-order valence-corrected chi connectivity index (χ1v) is 7.48. The van der Waals surface area contributed by atoms with Crippen molar-refractivity contribution in [3.8, 4) is 0 Å². The third kappa shape index (κ3) is 3.29. The first-order chi connectivity index (χ1) is 10.7. The molecule has 2 rings (SSSR count). The smallest absolute Gasteiger partial charge is 0.412 e. The third-order valence-electron chi connectivity index (χ3n) is 4.43. The molecule has 1 aromatic rings. The van der Waals surface area contributed by atoms with E-state index in [1.807, 2.05) is 6.92 Å². The molecule has 6 nitrogen and oxygen atoms in total. The van der Waals surface area contributed by atoms with E-state index in [0.717, 1.165) is 4.90 Å². The Labute approximate surface area is 134 Å². The number of halogens is 1. The number of amides is 2. The molecule has 0 radical (unpaired) electrons. The standard InChI is InChI=1S/C16H21FN2O4/c1-4-15(2)16(3,22)19(14(21)23-15)10-9-13(20)18-12-7-5-11(17)6-8-12/h5-8,22H,4,9-10H2,1-3H3,(H,18,20)/t15-,16-/m1/s1. The highest BCUT2D eigenvalue weighted by Gasteiger charge is 2.58. The number of aliphatic hydroxyl groups is 1. The van der Waals surface area contributed by atoms with Gasteiger partial charge in [-0.3, -0.25) is 9.69 Å². The quantitative estimate of drug-likeness (QED) is 0.872. The van der Waals surface area contributed by atoms with Gasteiger partial charge in [0.15, 0.2) is 11.3 Å². The van der Waals surface area contributed by atoms with Crippen LogP contribution in [0.25, 0.3) is 0 Å². The second kappa shape index (κ2) is 6.16. The van der Waals surface area contributed by atoms with Crippen LogP contribution < -0.4 is 5.32 Å². The van der Waals surface area contributed by atoms with Crippen LogP contribution in [0.2, 0.25) is 0 Å². The monoisotopic (exact) mass is 324 g/mol. The largest absolute Gasteiger partial charge is 0.438 e. The zero-order chi connectivity index (χ0) is 17.3. The molecular weight excluding hydrogens is 303 g/mol. The lowest BCUT2D eigenvalue weighted by molar-refractivity contribution is -0.139. The van der Waals surface area contributed by atoms with Crippen LogP contribution in [-0.4, -0.2) is 39.9 Å². The fourth-order valence-corrected chi connectivity index (χ4v) is 2.49. The van der Waals surface area contributed by atoms with Crippen molar-refractivity contribution in [3.05, 3.63) is 30.1 Å². The van der Waals surface area contributed by atoms with Crippen LogP contribution in [0.1, 0.15) is 33.6 Å². The lowest BCUT2D eigenvalue weighted by Crippen LogP contribution is -2.55. The molecule has 126 valence electrons. The molecule has 1 fully saturated rings.